The minimum atomic E-state index is 1.30. The third-order valence-corrected chi connectivity index (χ3v) is 5.47. The van der Waals surface area contributed by atoms with Crippen LogP contribution in [0.25, 0.3) is 43.4 Å². The smallest absolute Gasteiger partial charge is 0.00990 e. The van der Waals surface area contributed by atoms with E-state index in [2.05, 4.69) is 98.8 Å². The largest absolute Gasteiger partial charge is 0.0617 e. The van der Waals surface area contributed by atoms with Gasteiger partial charge in [0, 0.05) is 0 Å². The van der Waals surface area contributed by atoms with E-state index < -0.39 is 0 Å². The Labute approximate surface area is 153 Å². The fourth-order valence-electron chi connectivity index (χ4n) is 4.18. The van der Waals surface area contributed by atoms with E-state index in [-0.39, 0.29) is 0 Å². The Morgan fingerprint density at radius 1 is 0.462 bits per heavy atom. The lowest BCUT2D eigenvalue weighted by Gasteiger charge is -2.12. The van der Waals surface area contributed by atoms with Crippen molar-refractivity contribution in [2.24, 2.45) is 0 Å². The molecule has 0 fully saturated rings. The fourth-order valence-corrected chi connectivity index (χ4v) is 4.18. The van der Waals surface area contributed by atoms with Gasteiger partial charge in [0.15, 0.2) is 0 Å². The number of hydrogen-bond donors (Lipinski definition) is 0. The molecule has 5 aromatic rings. The number of rotatable bonds is 1. The van der Waals surface area contributed by atoms with Gasteiger partial charge in [-0.25, -0.2) is 0 Å². The molecule has 0 nitrogen and oxygen atoms in total. The van der Waals surface area contributed by atoms with E-state index >= 15 is 0 Å². The molecule has 0 atom stereocenters. The summed E-state index contributed by atoms with van der Waals surface area (Å²) in [6.45, 7) is 4.39. The first-order valence-corrected chi connectivity index (χ1v) is 9.12. The van der Waals surface area contributed by atoms with E-state index in [4.69, 9.17) is 0 Å². The number of aryl methyl sites for hydroxylation is 2. The Bertz CT molecular complexity index is 1270. The zero-order valence-corrected chi connectivity index (χ0v) is 15.1. The van der Waals surface area contributed by atoms with Crippen molar-refractivity contribution in [1.29, 1.82) is 0 Å². The van der Waals surface area contributed by atoms with Gasteiger partial charge in [-0.05, 0) is 86.6 Å². The van der Waals surface area contributed by atoms with Crippen LogP contribution in [0.3, 0.4) is 0 Å². The van der Waals surface area contributed by atoms with Gasteiger partial charge >= 0.3 is 0 Å². The Morgan fingerprint density at radius 2 is 1.19 bits per heavy atom. The predicted octanol–water partition coefficient (Wildman–Crippen LogP) is 7.43. The average Bonchev–Trinajstić information content (AvgIpc) is 2.66. The minimum absolute atomic E-state index is 1.30. The Hall–Kier alpha value is -3.12. The number of hydrogen-bond acceptors (Lipinski definition) is 0. The summed E-state index contributed by atoms with van der Waals surface area (Å²) in [4.78, 5) is 0. The Morgan fingerprint density at radius 3 is 2.04 bits per heavy atom. The molecule has 0 radical (unpaired) electrons. The molecule has 0 saturated carbocycles. The number of fused-ring (bicyclic) bond motifs is 4. The van der Waals surface area contributed by atoms with Gasteiger partial charge in [-0.15, -0.1) is 0 Å². The van der Waals surface area contributed by atoms with Gasteiger partial charge in [-0.1, -0.05) is 66.7 Å². The Balaban J connectivity index is 1.79. The van der Waals surface area contributed by atoms with E-state index in [9.17, 15) is 0 Å². The lowest BCUT2D eigenvalue weighted by atomic mass is 9.92. The SMILES string of the molecule is Cc1cccc(C)c1-c1ccc2cc3c(ccc4ccccc43)cc2c1. The van der Waals surface area contributed by atoms with Crippen LogP contribution in [0.2, 0.25) is 0 Å². The third-order valence-electron chi connectivity index (χ3n) is 5.47. The van der Waals surface area contributed by atoms with Crippen LogP contribution in [-0.4, -0.2) is 0 Å². The van der Waals surface area contributed by atoms with Gasteiger partial charge in [0.2, 0.25) is 0 Å². The quantitative estimate of drug-likeness (QED) is 0.221. The molecule has 0 heterocycles. The maximum Gasteiger partial charge on any atom is -0.00990 e. The van der Waals surface area contributed by atoms with Crippen LogP contribution in [0.15, 0.2) is 84.9 Å². The first-order valence-electron chi connectivity index (χ1n) is 9.12. The highest BCUT2D eigenvalue weighted by Crippen LogP contribution is 2.33. The Kier molecular flexibility index (Phi) is 3.33. The molecule has 0 aromatic heterocycles. The second-order valence-corrected chi connectivity index (χ2v) is 7.19. The summed E-state index contributed by atoms with van der Waals surface area (Å²) in [5.41, 5.74) is 5.31. The summed E-state index contributed by atoms with van der Waals surface area (Å²) in [5.74, 6) is 0. The maximum absolute atomic E-state index is 2.33. The molecule has 0 aliphatic carbocycles. The molecule has 26 heavy (non-hydrogen) atoms. The highest BCUT2D eigenvalue weighted by Gasteiger charge is 2.08. The molecule has 0 heteroatoms. The molecule has 0 unspecified atom stereocenters. The molecular formula is C26H20. The molecule has 0 saturated heterocycles. The second kappa shape index (κ2) is 5.71. The summed E-state index contributed by atoms with van der Waals surface area (Å²) >= 11 is 0. The summed E-state index contributed by atoms with van der Waals surface area (Å²) in [6, 6.07) is 31.1. The molecule has 5 rings (SSSR count). The number of benzene rings is 5. The molecule has 0 amide bonds. The monoisotopic (exact) mass is 332 g/mol. The van der Waals surface area contributed by atoms with Crippen molar-refractivity contribution in [3.05, 3.63) is 96.1 Å². The molecule has 5 aromatic carbocycles. The van der Waals surface area contributed by atoms with Crippen LogP contribution in [0.1, 0.15) is 11.1 Å². The maximum atomic E-state index is 2.33. The molecule has 0 aliphatic rings. The van der Waals surface area contributed by atoms with Crippen molar-refractivity contribution >= 4 is 32.3 Å². The molecule has 124 valence electrons. The molecule has 0 bridgehead atoms. The van der Waals surface area contributed by atoms with E-state index in [1.165, 1.54) is 54.6 Å². The van der Waals surface area contributed by atoms with Crippen LogP contribution in [0, 0.1) is 13.8 Å². The third kappa shape index (κ3) is 2.30. The van der Waals surface area contributed by atoms with Gasteiger partial charge in [-0.2, -0.15) is 0 Å². The van der Waals surface area contributed by atoms with Crippen molar-refractivity contribution < 1.29 is 0 Å². The van der Waals surface area contributed by atoms with Crippen LogP contribution < -0.4 is 0 Å². The summed E-state index contributed by atoms with van der Waals surface area (Å²) in [6.07, 6.45) is 0. The lowest BCUT2D eigenvalue weighted by Crippen LogP contribution is -1.88. The first-order chi connectivity index (χ1) is 12.7. The lowest BCUT2D eigenvalue weighted by molar-refractivity contribution is 1.38. The van der Waals surface area contributed by atoms with Crippen LogP contribution in [-0.2, 0) is 0 Å². The highest BCUT2D eigenvalue weighted by molar-refractivity contribution is 6.12. The van der Waals surface area contributed by atoms with Gasteiger partial charge in [0.1, 0.15) is 0 Å². The van der Waals surface area contributed by atoms with E-state index in [0.29, 0.717) is 0 Å². The van der Waals surface area contributed by atoms with E-state index in [0.717, 1.165) is 0 Å². The molecule has 0 spiro atoms. The average molecular weight is 332 g/mol. The topological polar surface area (TPSA) is 0 Å². The van der Waals surface area contributed by atoms with Gasteiger partial charge in [0.05, 0.1) is 0 Å². The van der Waals surface area contributed by atoms with Gasteiger partial charge < -0.3 is 0 Å². The highest BCUT2D eigenvalue weighted by atomic mass is 14.1. The predicted molar refractivity (Wildman–Crippen MR) is 114 cm³/mol. The van der Waals surface area contributed by atoms with Crippen molar-refractivity contribution in [2.75, 3.05) is 0 Å². The zero-order chi connectivity index (χ0) is 17.7. The van der Waals surface area contributed by atoms with Crippen LogP contribution in [0.4, 0.5) is 0 Å². The zero-order valence-electron chi connectivity index (χ0n) is 15.1. The summed E-state index contributed by atoms with van der Waals surface area (Å²) in [7, 11) is 0. The first kappa shape index (κ1) is 15.2. The normalized spacial score (nSPS) is 11.5. The van der Waals surface area contributed by atoms with Crippen molar-refractivity contribution in [3.63, 3.8) is 0 Å². The summed E-state index contributed by atoms with van der Waals surface area (Å²) in [5, 5.41) is 7.85. The van der Waals surface area contributed by atoms with E-state index in [1.807, 2.05) is 0 Å². The standard InChI is InChI=1S/C26H20/c1-17-6-5-7-18(2)26(17)22-13-11-20-16-25-21(14-23(20)15-22)12-10-19-8-3-4-9-24(19)25/h3-16H,1-2H3. The van der Waals surface area contributed by atoms with Crippen molar-refractivity contribution in [1.82, 2.24) is 0 Å². The summed E-state index contributed by atoms with van der Waals surface area (Å²) < 4.78 is 0. The second-order valence-electron chi connectivity index (χ2n) is 7.19. The van der Waals surface area contributed by atoms with Gasteiger partial charge in [-0.3, -0.25) is 0 Å². The molecule has 0 N–H and O–H groups in total. The minimum Gasteiger partial charge on any atom is -0.0617 e. The van der Waals surface area contributed by atoms with Crippen molar-refractivity contribution in [2.45, 2.75) is 13.8 Å². The molecule has 0 aliphatic heterocycles. The molecular weight excluding hydrogens is 312 g/mol. The van der Waals surface area contributed by atoms with Crippen LogP contribution >= 0.6 is 0 Å². The van der Waals surface area contributed by atoms with E-state index in [1.54, 1.807) is 0 Å². The van der Waals surface area contributed by atoms with Crippen LogP contribution in [0.5, 0.6) is 0 Å². The fraction of sp³-hybridized carbons (Fsp3) is 0.0769. The van der Waals surface area contributed by atoms with Crippen molar-refractivity contribution in [3.8, 4) is 11.1 Å². The van der Waals surface area contributed by atoms with Gasteiger partial charge in [0.25, 0.3) is 0 Å².